The molecule has 1 amide bonds. The molecule has 0 atom stereocenters. The smallest absolute Gasteiger partial charge is 0.257 e. The van der Waals surface area contributed by atoms with Crippen molar-refractivity contribution in [3.05, 3.63) is 48.2 Å². The molecule has 0 unspecified atom stereocenters. The highest BCUT2D eigenvalue weighted by Crippen LogP contribution is 2.23. The van der Waals surface area contributed by atoms with Crippen LogP contribution in [0.3, 0.4) is 0 Å². The molecule has 0 fully saturated rings. The second kappa shape index (κ2) is 6.84. The summed E-state index contributed by atoms with van der Waals surface area (Å²) in [4.78, 5) is 19.0. The molecule has 0 aliphatic rings. The van der Waals surface area contributed by atoms with Crippen molar-refractivity contribution in [1.82, 2.24) is 14.8 Å². The van der Waals surface area contributed by atoms with Crippen LogP contribution >= 0.6 is 0 Å². The molecule has 25 heavy (non-hydrogen) atoms. The lowest BCUT2D eigenvalue weighted by atomic mass is 10.1. The van der Waals surface area contributed by atoms with Crippen LogP contribution in [0.1, 0.15) is 10.4 Å². The number of alkyl halides is 2. The molecular formula is C17H17F2N5O. The van der Waals surface area contributed by atoms with E-state index in [2.05, 4.69) is 15.4 Å². The Morgan fingerprint density at radius 2 is 2.04 bits per heavy atom. The van der Waals surface area contributed by atoms with Crippen LogP contribution < -0.4 is 10.2 Å². The standard InChI is InChI=1S/C17H17F2N5O/c1-23(2)16-9-12(11-5-3-4-6-13(11)20-16)17(25)21-15-7-8-24(22-15)10-14(18)19/h3-9,14H,10H2,1-2H3,(H,21,22,25). The Morgan fingerprint density at radius 3 is 2.76 bits per heavy atom. The van der Waals surface area contributed by atoms with E-state index >= 15 is 0 Å². The zero-order chi connectivity index (χ0) is 18.0. The topological polar surface area (TPSA) is 63.1 Å². The summed E-state index contributed by atoms with van der Waals surface area (Å²) in [5, 5.41) is 7.29. The minimum absolute atomic E-state index is 0.220. The highest BCUT2D eigenvalue weighted by atomic mass is 19.3. The number of halogens is 2. The molecule has 130 valence electrons. The maximum Gasteiger partial charge on any atom is 0.257 e. The third kappa shape index (κ3) is 3.73. The molecule has 0 saturated carbocycles. The van der Waals surface area contributed by atoms with Gasteiger partial charge in [0, 0.05) is 31.7 Å². The van der Waals surface area contributed by atoms with E-state index in [1.807, 2.05) is 38.4 Å². The number of hydrogen-bond acceptors (Lipinski definition) is 4. The molecule has 0 aliphatic heterocycles. The summed E-state index contributed by atoms with van der Waals surface area (Å²) >= 11 is 0. The van der Waals surface area contributed by atoms with E-state index in [4.69, 9.17) is 0 Å². The summed E-state index contributed by atoms with van der Waals surface area (Å²) in [6.07, 6.45) is -1.10. The fourth-order valence-electron chi connectivity index (χ4n) is 2.43. The Morgan fingerprint density at radius 1 is 1.28 bits per heavy atom. The molecular weight excluding hydrogens is 328 g/mol. The van der Waals surface area contributed by atoms with Crippen LogP contribution in [0, 0.1) is 0 Å². The fourth-order valence-corrected chi connectivity index (χ4v) is 2.43. The molecule has 1 aromatic carbocycles. The molecule has 3 rings (SSSR count). The average molecular weight is 345 g/mol. The van der Waals surface area contributed by atoms with Gasteiger partial charge in [0.15, 0.2) is 5.82 Å². The van der Waals surface area contributed by atoms with Gasteiger partial charge in [-0.1, -0.05) is 18.2 Å². The van der Waals surface area contributed by atoms with Crippen molar-refractivity contribution < 1.29 is 13.6 Å². The summed E-state index contributed by atoms with van der Waals surface area (Å²) in [7, 11) is 3.68. The van der Waals surface area contributed by atoms with Crippen LogP contribution in [-0.2, 0) is 6.54 Å². The van der Waals surface area contributed by atoms with Gasteiger partial charge >= 0.3 is 0 Å². The molecule has 2 aromatic heterocycles. The van der Waals surface area contributed by atoms with E-state index in [9.17, 15) is 13.6 Å². The van der Waals surface area contributed by atoms with E-state index < -0.39 is 13.0 Å². The zero-order valence-electron chi connectivity index (χ0n) is 13.8. The van der Waals surface area contributed by atoms with Crippen molar-refractivity contribution >= 4 is 28.4 Å². The number of nitrogens with zero attached hydrogens (tertiary/aromatic N) is 4. The van der Waals surface area contributed by atoms with Crippen LogP contribution in [-0.4, -0.2) is 41.2 Å². The molecule has 0 saturated heterocycles. The Kier molecular flexibility index (Phi) is 4.60. The van der Waals surface area contributed by atoms with Gasteiger partial charge in [-0.05, 0) is 12.1 Å². The number of carbonyl (C=O) groups is 1. The fraction of sp³-hybridized carbons (Fsp3) is 0.235. The first kappa shape index (κ1) is 16.8. The second-order valence-electron chi connectivity index (χ2n) is 5.71. The van der Waals surface area contributed by atoms with Gasteiger partial charge in [-0.2, -0.15) is 5.10 Å². The molecule has 0 spiro atoms. The van der Waals surface area contributed by atoms with Gasteiger partial charge in [-0.25, -0.2) is 13.8 Å². The van der Waals surface area contributed by atoms with Gasteiger partial charge in [-0.15, -0.1) is 0 Å². The number of anilines is 2. The van der Waals surface area contributed by atoms with Gasteiger partial charge < -0.3 is 10.2 Å². The van der Waals surface area contributed by atoms with Gasteiger partial charge in [0.25, 0.3) is 12.3 Å². The van der Waals surface area contributed by atoms with Crippen LogP contribution in [0.2, 0.25) is 0 Å². The summed E-state index contributed by atoms with van der Waals surface area (Å²) in [5.41, 5.74) is 1.14. The molecule has 0 aliphatic carbocycles. The molecule has 3 aromatic rings. The number of hydrogen-bond donors (Lipinski definition) is 1. The molecule has 1 N–H and O–H groups in total. The molecule has 0 bridgehead atoms. The van der Waals surface area contributed by atoms with Crippen LogP contribution in [0.15, 0.2) is 42.6 Å². The van der Waals surface area contributed by atoms with Crippen molar-refractivity contribution in [3.63, 3.8) is 0 Å². The van der Waals surface area contributed by atoms with Crippen LogP contribution in [0.4, 0.5) is 20.4 Å². The van der Waals surface area contributed by atoms with Crippen molar-refractivity contribution in [2.45, 2.75) is 13.0 Å². The quantitative estimate of drug-likeness (QED) is 0.772. The predicted molar refractivity (Wildman–Crippen MR) is 92.3 cm³/mol. The maximum atomic E-state index is 12.7. The average Bonchev–Trinajstić information content (AvgIpc) is 2.99. The Balaban J connectivity index is 1.92. The lowest BCUT2D eigenvalue weighted by molar-refractivity contribution is 0.102. The van der Waals surface area contributed by atoms with Crippen LogP contribution in [0.5, 0.6) is 0 Å². The number of para-hydroxylation sites is 1. The Hall–Kier alpha value is -3.03. The predicted octanol–water partition coefficient (Wildman–Crippen LogP) is 3.01. The second-order valence-corrected chi connectivity index (χ2v) is 5.71. The normalized spacial score (nSPS) is 11.1. The van der Waals surface area contributed by atoms with Crippen molar-refractivity contribution in [2.24, 2.45) is 0 Å². The molecule has 2 heterocycles. The lowest BCUT2D eigenvalue weighted by Crippen LogP contribution is -2.17. The highest BCUT2D eigenvalue weighted by Gasteiger charge is 2.15. The van der Waals surface area contributed by atoms with E-state index in [-0.39, 0.29) is 11.7 Å². The Labute approximate surface area is 143 Å². The van der Waals surface area contributed by atoms with Gasteiger partial charge in [0.05, 0.1) is 11.1 Å². The first-order valence-electron chi connectivity index (χ1n) is 7.64. The highest BCUT2D eigenvalue weighted by molar-refractivity contribution is 6.12. The van der Waals surface area contributed by atoms with E-state index in [0.29, 0.717) is 22.3 Å². The number of fused-ring (bicyclic) bond motifs is 1. The number of pyridine rings is 1. The molecule has 6 nitrogen and oxygen atoms in total. The third-order valence-corrected chi connectivity index (χ3v) is 3.61. The minimum atomic E-state index is -2.50. The molecule has 8 heteroatoms. The zero-order valence-corrected chi connectivity index (χ0v) is 13.8. The summed E-state index contributed by atoms with van der Waals surface area (Å²) in [5.74, 6) is 0.494. The third-order valence-electron chi connectivity index (χ3n) is 3.61. The van der Waals surface area contributed by atoms with Crippen molar-refractivity contribution in [3.8, 4) is 0 Å². The maximum absolute atomic E-state index is 12.7. The number of carbonyl (C=O) groups excluding carboxylic acids is 1. The molecule has 0 radical (unpaired) electrons. The first-order valence-corrected chi connectivity index (χ1v) is 7.64. The Bertz CT molecular complexity index is 907. The van der Waals surface area contributed by atoms with Crippen LogP contribution in [0.25, 0.3) is 10.9 Å². The summed E-state index contributed by atoms with van der Waals surface area (Å²) in [6.45, 7) is -0.515. The van der Waals surface area contributed by atoms with E-state index in [0.717, 1.165) is 4.68 Å². The summed E-state index contributed by atoms with van der Waals surface area (Å²) < 4.78 is 25.9. The van der Waals surface area contributed by atoms with Crippen molar-refractivity contribution in [2.75, 3.05) is 24.3 Å². The monoisotopic (exact) mass is 345 g/mol. The largest absolute Gasteiger partial charge is 0.363 e. The first-order chi connectivity index (χ1) is 11.9. The number of nitrogens with one attached hydrogen (secondary N) is 1. The number of aromatic nitrogens is 3. The van der Waals surface area contributed by atoms with E-state index in [1.54, 1.807) is 11.0 Å². The van der Waals surface area contributed by atoms with Gasteiger partial charge in [0.1, 0.15) is 12.4 Å². The van der Waals surface area contributed by atoms with Crippen molar-refractivity contribution in [1.29, 1.82) is 0 Å². The SMILES string of the molecule is CN(C)c1cc(C(=O)Nc2ccn(CC(F)F)n2)c2ccccc2n1. The van der Waals surface area contributed by atoms with E-state index in [1.165, 1.54) is 12.3 Å². The number of rotatable bonds is 5. The number of amides is 1. The summed E-state index contributed by atoms with van der Waals surface area (Å²) in [6, 6.07) is 10.5. The minimum Gasteiger partial charge on any atom is -0.363 e. The van der Waals surface area contributed by atoms with Gasteiger partial charge in [-0.3, -0.25) is 9.48 Å². The van der Waals surface area contributed by atoms with Gasteiger partial charge in [0.2, 0.25) is 0 Å². The lowest BCUT2D eigenvalue weighted by Gasteiger charge is -2.14. The number of benzene rings is 1.